The zero-order valence-corrected chi connectivity index (χ0v) is 12.8. The normalized spacial score (nSPS) is 12.2. The van der Waals surface area contributed by atoms with Crippen LogP contribution in [0.15, 0.2) is 28.7 Å². The lowest BCUT2D eigenvalue weighted by molar-refractivity contribution is 0.0937. The summed E-state index contributed by atoms with van der Waals surface area (Å²) in [5, 5.41) is 3.04. The molecule has 0 saturated heterocycles. The highest BCUT2D eigenvalue weighted by Crippen LogP contribution is 2.16. The summed E-state index contributed by atoms with van der Waals surface area (Å²) in [5.41, 5.74) is 0.706. The molecule has 0 aliphatic heterocycles. The summed E-state index contributed by atoms with van der Waals surface area (Å²) in [6.45, 7) is 4.28. The van der Waals surface area contributed by atoms with Crippen molar-refractivity contribution in [2.24, 2.45) is 0 Å². The maximum Gasteiger partial charge on any atom is 0.252 e. The summed E-state index contributed by atoms with van der Waals surface area (Å²) in [7, 11) is 0. The summed E-state index contributed by atoms with van der Waals surface area (Å²) in [6.07, 6.45) is 6.02. The minimum absolute atomic E-state index is 0.00506. The molecule has 1 atom stereocenters. The number of nitrogens with one attached hydrogen (secondary N) is 1. The van der Waals surface area contributed by atoms with Crippen LogP contribution in [0.4, 0.5) is 0 Å². The van der Waals surface area contributed by atoms with Gasteiger partial charge in [0.25, 0.3) is 5.91 Å². The van der Waals surface area contributed by atoms with Gasteiger partial charge in [-0.05, 0) is 41.4 Å². The van der Waals surface area contributed by atoms with E-state index in [9.17, 15) is 4.79 Å². The molecule has 0 radical (unpaired) electrons. The lowest BCUT2D eigenvalue weighted by Crippen LogP contribution is -2.32. The Hall–Kier alpha value is -0.830. The van der Waals surface area contributed by atoms with E-state index < -0.39 is 0 Å². The zero-order valence-electron chi connectivity index (χ0n) is 11.2. The smallest absolute Gasteiger partial charge is 0.252 e. The molecule has 100 valence electrons. The van der Waals surface area contributed by atoms with Gasteiger partial charge in [0, 0.05) is 10.5 Å². The largest absolute Gasteiger partial charge is 0.350 e. The minimum Gasteiger partial charge on any atom is -0.350 e. The van der Waals surface area contributed by atoms with Crippen LogP contribution >= 0.6 is 15.9 Å². The number of halogens is 1. The van der Waals surface area contributed by atoms with Crippen LogP contribution in [0, 0.1) is 0 Å². The third-order valence-corrected chi connectivity index (χ3v) is 3.68. The first-order chi connectivity index (χ1) is 8.65. The summed E-state index contributed by atoms with van der Waals surface area (Å²) < 4.78 is 0.848. The standard InChI is InChI=1S/C15H22BrNO/c1-3-4-5-6-9-12(2)17-15(18)13-10-7-8-11-14(13)16/h7-8,10-12H,3-6,9H2,1-2H3,(H,17,18). The predicted octanol–water partition coefficient (Wildman–Crippen LogP) is 4.54. The topological polar surface area (TPSA) is 29.1 Å². The first kappa shape index (κ1) is 15.2. The van der Waals surface area contributed by atoms with Gasteiger partial charge in [-0.3, -0.25) is 4.79 Å². The predicted molar refractivity (Wildman–Crippen MR) is 79.8 cm³/mol. The molecule has 0 spiro atoms. The monoisotopic (exact) mass is 311 g/mol. The molecule has 0 bridgehead atoms. The fraction of sp³-hybridized carbons (Fsp3) is 0.533. The number of benzene rings is 1. The van der Waals surface area contributed by atoms with Gasteiger partial charge in [0.05, 0.1) is 5.56 Å². The second kappa shape index (κ2) is 8.30. The molecular weight excluding hydrogens is 290 g/mol. The highest BCUT2D eigenvalue weighted by atomic mass is 79.9. The molecule has 1 rings (SSSR count). The van der Waals surface area contributed by atoms with Crippen molar-refractivity contribution < 1.29 is 4.79 Å². The summed E-state index contributed by atoms with van der Waals surface area (Å²) in [6, 6.07) is 7.76. The van der Waals surface area contributed by atoms with Crippen LogP contribution in [0.2, 0.25) is 0 Å². The molecule has 1 aromatic rings. The molecule has 1 N–H and O–H groups in total. The molecular formula is C15H22BrNO. The average molecular weight is 312 g/mol. The van der Waals surface area contributed by atoms with E-state index in [-0.39, 0.29) is 11.9 Å². The first-order valence-corrected chi connectivity index (χ1v) is 7.49. The van der Waals surface area contributed by atoms with E-state index in [0.717, 1.165) is 10.9 Å². The summed E-state index contributed by atoms with van der Waals surface area (Å²) >= 11 is 3.40. The molecule has 3 heteroatoms. The van der Waals surface area contributed by atoms with Crippen LogP contribution in [-0.4, -0.2) is 11.9 Å². The summed E-state index contributed by atoms with van der Waals surface area (Å²) in [4.78, 5) is 12.0. The van der Waals surface area contributed by atoms with E-state index in [0.29, 0.717) is 5.56 Å². The van der Waals surface area contributed by atoms with E-state index in [2.05, 4.69) is 35.1 Å². The van der Waals surface area contributed by atoms with E-state index in [4.69, 9.17) is 0 Å². The van der Waals surface area contributed by atoms with E-state index in [1.54, 1.807) is 0 Å². The molecule has 18 heavy (non-hydrogen) atoms. The minimum atomic E-state index is 0.00506. The van der Waals surface area contributed by atoms with E-state index in [1.807, 2.05) is 24.3 Å². The molecule has 0 fully saturated rings. The van der Waals surface area contributed by atoms with Gasteiger partial charge in [0.1, 0.15) is 0 Å². The van der Waals surface area contributed by atoms with Gasteiger partial charge in [-0.2, -0.15) is 0 Å². The molecule has 0 saturated carbocycles. The lowest BCUT2D eigenvalue weighted by atomic mass is 10.1. The highest BCUT2D eigenvalue weighted by Gasteiger charge is 2.11. The molecule has 0 heterocycles. The number of rotatable bonds is 7. The van der Waals surface area contributed by atoms with Crippen molar-refractivity contribution in [3.63, 3.8) is 0 Å². The number of unbranched alkanes of at least 4 members (excludes halogenated alkanes) is 3. The Balaban J connectivity index is 2.38. The van der Waals surface area contributed by atoms with Gasteiger partial charge >= 0.3 is 0 Å². The number of hydrogen-bond donors (Lipinski definition) is 1. The Labute approximate surface area is 118 Å². The molecule has 0 aliphatic carbocycles. The maximum absolute atomic E-state index is 12.0. The van der Waals surface area contributed by atoms with Crippen LogP contribution in [-0.2, 0) is 0 Å². The molecule has 1 amide bonds. The number of carbonyl (C=O) groups is 1. The van der Waals surface area contributed by atoms with Crippen LogP contribution in [0.1, 0.15) is 56.3 Å². The maximum atomic E-state index is 12.0. The van der Waals surface area contributed by atoms with Crippen molar-refractivity contribution in [3.8, 4) is 0 Å². The van der Waals surface area contributed by atoms with Crippen molar-refractivity contribution >= 4 is 21.8 Å². The number of hydrogen-bond acceptors (Lipinski definition) is 1. The molecule has 2 nitrogen and oxygen atoms in total. The Morgan fingerprint density at radius 3 is 2.67 bits per heavy atom. The number of carbonyl (C=O) groups excluding carboxylic acids is 1. The van der Waals surface area contributed by atoms with Crippen LogP contribution in [0.3, 0.4) is 0 Å². The van der Waals surface area contributed by atoms with Crippen molar-refractivity contribution in [1.82, 2.24) is 5.32 Å². The average Bonchev–Trinajstić information content (AvgIpc) is 2.35. The van der Waals surface area contributed by atoms with Crippen molar-refractivity contribution in [1.29, 1.82) is 0 Å². The molecule has 0 aliphatic rings. The SMILES string of the molecule is CCCCCCC(C)NC(=O)c1ccccc1Br. The zero-order chi connectivity index (χ0) is 13.4. The first-order valence-electron chi connectivity index (χ1n) is 6.70. The van der Waals surface area contributed by atoms with E-state index >= 15 is 0 Å². The second-order valence-electron chi connectivity index (χ2n) is 4.70. The Bertz CT molecular complexity index is 379. The number of amides is 1. The van der Waals surface area contributed by atoms with Gasteiger partial charge in [-0.15, -0.1) is 0 Å². The van der Waals surface area contributed by atoms with Gasteiger partial charge in [-0.1, -0.05) is 44.7 Å². The van der Waals surface area contributed by atoms with Gasteiger partial charge in [0.2, 0.25) is 0 Å². The quantitative estimate of drug-likeness (QED) is 0.736. The second-order valence-corrected chi connectivity index (χ2v) is 5.56. The fourth-order valence-corrected chi connectivity index (χ4v) is 2.36. The molecule has 1 unspecified atom stereocenters. The van der Waals surface area contributed by atoms with Crippen molar-refractivity contribution in [2.45, 2.75) is 52.0 Å². The Morgan fingerprint density at radius 1 is 1.28 bits per heavy atom. The van der Waals surface area contributed by atoms with E-state index in [1.165, 1.54) is 25.7 Å². The van der Waals surface area contributed by atoms with Gasteiger partial charge < -0.3 is 5.32 Å². The highest BCUT2D eigenvalue weighted by molar-refractivity contribution is 9.10. The van der Waals surface area contributed by atoms with Crippen molar-refractivity contribution in [2.75, 3.05) is 0 Å². The van der Waals surface area contributed by atoms with Gasteiger partial charge in [-0.25, -0.2) is 0 Å². The Morgan fingerprint density at radius 2 is 2.00 bits per heavy atom. The third-order valence-electron chi connectivity index (χ3n) is 2.99. The van der Waals surface area contributed by atoms with Crippen LogP contribution in [0.25, 0.3) is 0 Å². The van der Waals surface area contributed by atoms with Crippen LogP contribution < -0.4 is 5.32 Å². The van der Waals surface area contributed by atoms with Crippen molar-refractivity contribution in [3.05, 3.63) is 34.3 Å². The summed E-state index contributed by atoms with van der Waals surface area (Å²) in [5.74, 6) is 0.00506. The lowest BCUT2D eigenvalue weighted by Gasteiger charge is -2.14. The molecule has 0 aromatic heterocycles. The molecule has 1 aromatic carbocycles. The Kier molecular flexibility index (Phi) is 7.02. The fourth-order valence-electron chi connectivity index (χ4n) is 1.90. The van der Waals surface area contributed by atoms with Crippen LogP contribution in [0.5, 0.6) is 0 Å². The third kappa shape index (κ3) is 5.21. The van der Waals surface area contributed by atoms with Gasteiger partial charge in [0.15, 0.2) is 0 Å².